The summed E-state index contributed by atoms with van der Waals surface area (Å²) < 4.78 is 4.68. The highest BCUT2D eigenvalue weighted by Gasteiger charge is 2.11. The van der Waals surface area contributed by atoms with Crippen LogP contribution in [0.25, 0.3) is 11.4 Å². The van der Waals surface area contributed by atoms with Crippen molar-refractivity contribution in [1.82, 2.24) is 15.5 Å². The number of aliphatic hydroxyl groups is 1. The molecule has 0 fully saturated rings. The van der Waals surface area contributed by atoms with E-state index in [0.29, 0.717) is 22.0 Å². The first-order valence-corrected chi connectivity index (χ1v) is 7.60. The predicted octanol–water partition coefficient (Wildman–Crippen LogP) is 2.85. The summed E-state index contributed by atoms with van der Waals surface area (Å²) in [5, 5.41) is 17.1. The number of aromatic nitrogens is 2. The Labute approximate surface area is 143 Å². The number of hydrogen-bond donors (Lipinski definition) is 2. The van der Waals surface area contributed by atoms with Gasteiger partial charge in [0.2, 0.25) is 12.2 Å². The minimum absolute atomic E-state index is 0.104. The van der Waals surface area contributed by atoms with Crippen molar-refractivity contribution in [3.8, 4) is 11.4 Å². The number of benzene rings is 2. The topological polar surface area (TPSA) is 88.2 Å². The fourth-order valence-corrected chi connectivity index (χ4v) is 2.29. The molecule has 0 radical (unpaired) electrons. The molecule has 7 heteroatoms. The predicted molar refractivity (Wildman–Crippen MR) is 88.5 cm³/mol. The molecule has 1 amide bonds. The molecule has 0 bridgehead atoms. The number of nitrogens with one attached hydrogen (secondary N) is 1. The lowest BCUT2D eigenvalue weighted by Crippen LogP contribution is -2.28. The number of nitrogens with zero attached hydrogens (tertiary/aromatic N) is 2. The molecule has 0 aliphatic rings. The maximum absolute atomic E-state index is 12.1. The van der Waals surface area contributed by atoms with Crippen LogP contribution in [0.1, 0.15) is 22.0 Å². The van der Waals surface area contributed by atoms with E-state index in [2.05, 4.69) is 20.0 Å². The second-order valence-electron chi connectivity index (χ2n) is 5.11. The van der Waals surface area contributed by atoms with Gasteiger partial charge in [-0.1, -0.05) is 41.0 Å². The van der Waals surface area contributed by atoms with Crippen LogP contribution in [0, 0.1) is 0 Å². The number of amides is 1. The zero-order chi connectivity index (χ0) is 16.9. The first-order valence-electron chi connectivity index (χ1n) is 7.22. The first-order chi connectivity index (χ1) is 11.6. The molecule has 0 aliphatic heterocycles. The molecule has 0 spiro atoms. The van der Waals surface area contributed by atoms with Crippen molar-refractivity contribution in [3.05, 3.63) is 71.1 Å². The van der Waals surface area contributed by atoms with Gasteiger partial charge in [-0.2, -0.15) is 4.98 Å². The van der Waals surface area contributed by atoms with Crippen LogP contribution in [0.4, 0.5) is 0 Å². The van der Waals surface area contributed by atoms with Crippen LogP contribution in [0.5, 0.6) is 0 Å². The van der Waals surface area contributed by atoms with Gasteiger partial charge >= 0.3 is 0 Å². The van der Waals surface area contributed by atoms with Crippen molar-refractivity contribution in [1.29, 1.82) is 0 Å². The van der Waals surface area contributed by atoms with Crippen molar-refractivity contribution in [3.63, 3.8) is 0 Å². The Kier molecular flexibility index (Phi) is 4.88. The molecule has 1 heterocycles. The fraction of sp³-hybridized carbons (Fsp3) is 0.118. The maximum Gasteiger partial charge on any atom is 0.251 e. The van der Waals surface area contributed by atoms with Crippen molar-refractivity contribution in [2.45, 2.75) is 6.10 Å². The van der Waals surface area contributed by atoms with Crippen molar-refractivity contribution >= 4 is 17.5 Å². The average Bonchev–Trinajstić information content (AvgIpc) is 3.15. The summed E-state index contributed by atoms with van der Waals surface area (Å²) in [6.45, 7) is 0.104. The van der Waals surface area contributed by atoms with Crippen molar-refractivity contribution in [2.75, 3.05) is 6.54 Å². The van der Waals surface area contributed by atoms with Crippen LogP contribution in [0.15, 0.2) is 59.4 Å². The molecule has 3 aromatic rings. The molecular weight excluding hydrogens is 330 g/mol. The van der Waals surface area contributed by atoms with E-state index in [1.54, 1.807) is 48.5 Å². The third-order valence-electron chi connectivity index (χ3n) is 3.48. The molecule has 0 aliphatic carbocycles. The molecule has 2 N–H and O–H groups in total. The second-order valence-corrected chi connectivity index (χ2v) is 5.55. The van der Waals surface area contributed by atoms with Gasteiger partial charge in [0.15, 0.2) is 0 Å². The Morgan fingerprint density at radius 3 is 2.50 bits per heavy atom. The lowest BCUT2D eigenvalue weighted by molar-refractivity contribution is 0.0916. The highest BCUT2D eigenvalue weighted by atomic mass is 35.5. The summed E-state index contributed by atoms with van der Waals surface area (Å²) in [5.41, 5.74) is 1.92. The Morgan fingerprint density at radius 2 is 1.88 bits per heavy atom. The van der Waals surface area contributed by atoms with Crippen LogP contribution in [0.3, 0.4) is 0 Å². The number of carbonyl (C=O) groups is 1. The van der Waals surface area contributed by atoms with Gasteiger partial charge in [0.05, 0.1) is 6.10 Å². The molecule has 3 rings (SSSR count). The first kappa shape index (κ1) is 16.2. The Morgan fingerprint density at radius 1 is 1.17 bits per heavy atom. The molecule has 122 valence electrons. The van der Waals surface area contributed by atoms with E-state index >= 15 is 0 Å². The summed E-state index contributed by atoms with van der Waals surface area (Å²) in [6.07, 6.45) is 0.443. The molecule has 24 heavy (non-hydrogen) atoms. The van der Waals surface area contributed by atoms with Crippen LogP contribution in [-0.2, 0) is 0 Å². The SMILES string of the molecule is O=C(NCC(O)c1ccc(Cl)cc1)c1ccc(-c2ncon2)cc1. The van der Waals surface area contributed by atoms with Gasteiger partial charge in [-0.15, -0.1) is 0 Å². The van der Waals surface area contributed by atoms with Gasteiger partial charge < -0.3 is 14.9 Å². The zero-order valence-corrected chi connectivity index (χ0v) is 13.3. The zero-order valence-electron chi connectivity index (χ0n) is 12.5. The molecular formula is C17H14ClN3O3. The quantitative estimate of drug-likeness (QED) is 0.743. The van der Waals surface area contributed by atoms with E-state index in [4.69, 9.17) is 11.6 Å². The molecule has 1 atom stereocenters. The molecule has 0 saturated heterocycles. The Hall–Kier alpha value is -2.70. The maximum atomic E-state index is 12.1. The van der Waals surface area contributed by atoms with Crippen LogP contribution >= 0.6 is 11.6 Å². The average molecular weight is 344 g/mol. The van der Waals surface area contributed by atoms with E-state index < -0.39 is 6.10 Å². The van der Waals surface area contributed by atoms with Crippen LogP contribution < -0.4 is 5.32 Å². The normalized spacial score (nSPS) is 11.9. The molecule has 1 unspecified atom stereocenters. The third-order valence-corrected chi connectivity index (χ3v) is 3.73. The highest BCUT2D eigenvalue weighted by Crippen LogP contribution is 2.17. The Balaban J connectivity index is 1.59. The smallest absolute Gasteiger partial charge is 0.251 e. The van der Waals surface area contributed by atoms with E-state index in [1.807, 2.05) is 0 Å². The number of halogens is 1. The molecule has 6 nitrogen and oxygen atoms in total. The van der Waals surface area contributed by atoms with Gasteiger partial charge in [-0.3, -0.25) is 4.79 Å². The van der Waals surface area contributed by atoms with Gasteiger partial charge in [-0.25, -0.2) is 0 Å². The minimum atomic E-state index is -0.801. The molecule has 0 saturated carbocycles. The summed E-state index contributed by atoms with van der Waals surface area (Å²) in [6, 6.07) is 13.6. The Bertz CT molecular complexity index is 802. The molecule has 1 aromatic heterocycles. The number of aliphatic hydroxyl groups excluding tert-OH is 1. The third kappa shape index (κ3) is 3.79. The van der Waals surface area contributed by atoms with Gasteiger partial charge in [0, 0.05) is 22.7 Å². The fourth-order valence-electron chi connectivity index (χ4n) is 2.16. The lowest BCUT2D eigenvalue weighted by Gasteiger charge is -2.12. The van der Waals surface area contributed by atoms with Gasteiger partial charge in [-0.05, 0) is 29.8 Å². The number of carbonyl (C=O) groups excluding carboxylic acids is 1. The van der Waals surface area contributed by atoms with Gasteiger partial charge in [0.1, 0.15) is 0 Å². The lowest BCUT2D eigenvalue weighted by atomic mass is 10.1. The largest absolute Gasteiger partial charge is 0.387 e. The summed E-state index contributed by atoms with van der Waals surface area (Å²) in [7, 11) is 0. The standard InChI is InChI=1S/C17H14ClN3O3/c18-14-7-5-11(6-8-14)15(22)9-19-17(23)13-3-1-12(2-4-13)16-20-10-24-21-16/h1-8,10,15,22H,9H2,(H,19,23). The summed E-state index contributed by atoms with van der Waals surface area (Å²) >= 11 is 5.81. The van der Waals surface area contributed by atoms with E-state index in [9.17, 15) is 9.90 Å². The number of rotatable bonds is 5. The van der Waals surface area contributed by atoms with Gasteiger partial charge in [0.25, 0.3) is 5.91 Å². The van der Waals surface area contributed by atoms with E-state index in [0.717, 1.165) is 5.56 Å². The monoisotopic (exact) mass is 343 g/mol. The second kappa shape index (κ2) is 7.25. The molecule has 2 aromatic carbocycles. The van der Waals surface area contributed by atoms with Crippen molar-refractivity contribution in [2.24, 2.45) is 0 Å². The van der Waals surface area contributed by atoms with Crippen LogP contribution in [0.2, 0.25) is 5.02 Å². The van der Waals surface area contributed by atoms with Crippen LogP contribution in [-0.4, -0.2) is 27.7 Å². The van der Waals surface area contributed by atoms with E-state index in [-0.39, 0.29) is 12.5 Å². The minimum Gasteiger partial charge on any atom is -0.387 e. The highest BCUT2D eigenvalue weighted by molar-refractivity contribution is 6.30. The van der Waals surface area contributed by atoms with E-state index in [1.165, 1.54) is 6.39 Å². The van der Waals surface area contributed by atoms with Crippen molar-refractivity contribution < 1.29 is 14.4 Å². The number of hydrogen-bond acceptors (Lipinski definition) is 5. The summed E-state index contributed by atoms with van der Waals surface area (Å²) in [4.78, 5) is 16.1. The summed E-state index contributed by atoms with van der Waals surface area (Å²) in [5.74, 6) is 0.183.